The summed E-state index contributed by atoms with van der Waals surface area (Å²) < 4.78 is 11.4. The largest absolute Gasteiger partial charge is 0.493 e. The standard InChI is InChI=1S/C22H19Cl4NO2/c1-28-21-9-15(12-27-11-14-5-2-3-6-17(14)23)20(26)10-22(21)29-13-16-18(24)7-4-8-19(16)25/h2-10,27H,11-13H2,1H3. The van der Waals surface area contributed by atoms with Gasteiger partial charge in [-0.05, 0) is 35.4 Å². The summed E-state index contributed by atoms with van der Waals surface area (Å²) in [6.07, 6.45) is 0. The average Bonchev–Trinajstić information content (AvgIpc) is 2.70. The van der Waals surface area contributed by atoms with Gasteiger partial charge in [0.2, 0.25) is 0 Å². The van der Waals surface area contributed by atoms with Crippen molar-refractivity contribution in [2.75, 3.05) is 7.11 Å². The maximum atomic E-state index is 6.46. The van der Waals surface area contributed by atoms with Crippen molar-refractivity contribution in [3.63, 3.8) is 0 Å². The number of halogens is 4. The Morgan fingerprint density at radius 1 is 0.724 bits per heavy atom. The molecule has 29 heavy (non-hydrogen) atoms. The van der Waals surface area contributed by atoms with Crippen molar-refractivity contribution in [3.8, 4) is 11.5 Å². The molecular formula is C22H19Cl4NO2. The van der Waals surface area contributed by atoms with Gasteiger partial charge in [-0.15, -0.1) is 0 Å². The lowest BCUT2D eigenvalue weighted by Crippen LogP contribution is -2.13. The van der Waals surface area contributed by atoms with Crippen molar-refractivity contribution in [2.24, 2.45) is 0 Å². The molecule has 0 amide bonds. The molecule has 0 aliphatic carbocycles. The van der Waals surface area contributed by atoms with Crippen LogP contribution in [-0.4, -0.2) is 7.11 Å². The van der Waals surface area contributed by atoms with Crippen LogP contribution in [0.3, 0.4) is 0 Å². The molecule has 3 rings (SSSR count). The van der Waals surface area contributed by atoms with Crippen LogP contribution < -0.4 is 14.8 Å². The Kier molecular flexibility index (Phi) is 7.93. The molecule has 152 valence electrons. The Hall–Kier alpha value is -1.62. The fraction of sp³-hybridized carbons (Fsp3) is 0.182. The van der Waals surface area contributed by atoms with E-state index in [9.17, 15) is 0 Å². The monoisotopic (exact) mass is 469 g/mol. The maximum absolute atomic E-state index is 6.46. The van der Waals surface area contributed by atoms with Crippen LogP contribution in [0.4, 0.5) is 0 Å². The van der Waals surface area contributed by atoms with Crippen LogP contribution in [0.2, 0.25) is 20.1 Å². The van der Waals surface area contributed by atoms with Gasteiger partial charge in [0.25, 0.3) is 0 Å². The summed E-state index contributed by atoms with van der Waals surface area (Å²) in [7, 11) is 1.58. The number of hydrogen-bond donors (Lipinski definition) is 1. The molecule has 0 bridgehead atoms. The number of ether oxygens (including phenoxy) is 2. The van der Waals surface area contributed by atoms with Crippen LogP contribution >= 0.6 is 46.4 Å². The molecule has 1 N–H and O–H groups in total. The highest BCUT2D eigenvalue weighted by Gasteiger charge is 2.13. The van der Waals surface area contributed by atoms with E-state index < -0.39 is 0 Å². The molecule has 3 nitrogen and oxygen atoms in total. The topological polar surface area (TPSA) is 30.5 Å². The quantitative estimate of drug-likeness (QED) is 0.378. The Labute approximate surface area is 190 Å². The zero-order valence-electron chi connectivity index (χ0n) is 15.6. The third kappa shape index (κ3) is 5.71. The third-order valence-electron chi connectivity index (χ3n) is 4.36. The molecule has 0 saturated carbocycles. The molecule has 3 aromatic carbocycles. The molecule has 0 fully saturated rings. The van der Waals surface area contributed by atoms with Gasteiger partial charge in [-0.3, -0.25) is 0 Å². The first-order valence-electron chi connectivity index (χ1n) is 8.85. The van der Waals surface area contributed by atoms with E-state index >= 15 is 0 Å². The minimum atomic E-state index is 0.204. The molecule has 0 saturated heterocycles. The molecular weight excluding hydrogens is 452 g/mol. The first kappa shape index (κ1) is 22.1. The average molecular weight is 471 g/mol. The van der Waals surface area contributed by atoms with Gasteiger partial charge in [0.15, 0.2) is 11.5 Å². The summed E-state index contributed by atoms with van der Waals surface area (Å²) in [5.41, 5.74) is 2.62. The van der Waals surface area contributed by atoms with Crippen LogP contribution in [-0.2, 0) is 19.7 Å². The van der Waals surface area contributed by atoms with E-state index in [1.807, 2.05) is 30.3 Å². The second-order valence-electron chi connectivity index (χ2n) is 6.28. The lowest BCUT2D eigenvalue weighted by Gasteiger charge is -2.15. The second-order valence-corrected chi connectivity index (χ2v) is 7.91. The van der Waals surface area contributed by atoms with Crippen molar-refractivity contribution in [3.05, 3.63) is 91.4 Å². The lowest BCUT2D eigenvalue weighted by molar-refractivity contribution is 0.284. The minimum absolute atomic E-state index is 0.204. The number of nitrogens with one attached hydrogen (secondary N) is 1. The molecule has 0 radical (unpaired) electrons. The second kappa shape index (κ2) is 10.4. The smallest absolute Gasteiger partial charge is 0.163 e. The van der Waals surface area contributed by atoms with E-state index in [2.05, 4.69) is 5.32 Å². The molecule has 3 aromatic rings. The van der Waals surface area contributed by atoms with E-state index in [-0.39, 0.29) is 6.61 Å². The number of rotatable bonds is 8. The van der Waals surface area contributed by atoms with E-state index in [4.69, 9.17) is 55.9 Å². The Morgan fingerprint density at radius 2 is 1.38 bits per heavy atom. The zero-order chi connectivity index (χ0) is 20.8. The minimum Gasteiger partial charge on any atom is -0.493 e. The van der Waals surface area contributed by atoms with Gasteiger partial charge in [0, 0.05) is 44.8 Å². The SMILES string of the molecule is COc1cc(CNCc2ccccc2Cl)c(Cl)cc1OCc1c(Cl)cccc1Cl. The molecule has 0 aromatic heterocycles. The fourth-order valence-corrected chi connectivity index (χ4v) is 3.71. The van der Waals surface area contributed by atoms with Crippen molar-refractivity contribution >= 4 is 46.4 Å². The molecule has 0 unspecified atom stereocenters. The van der Waals surface area contributed by atoms with E-state index in [0.717, 1.165) is 16.1 Å². The van der Waals surface area contributed by atoms with Crippen LogP contribution in [0.5, 0.6) is 11.5 Å². The first-order valence-corrected chi connectivity index (χ1v) is 10.4. The summed E-state index contributed by atoms with van der Waals surface area (Å²) in [6, 6.07) is 16.6. The molecule has 0 aliphatic rings. The molecule has 0 atom stereocenters. The highest BCUT2D eigenvalue weighted by atomic mass is 35.5. The molecule has 0 aliphatic heterocycles. The van der Waals surface area contributed by atoms with Gasteiger partial charge < -0.3 is 14.8 Å². The van der Waals surface area contributed by atoms with E-state index in [1.165, 1.54) is 0 Å². The molecule has 0 spiro atoms. The van der Waals surface area contributed by atoms with Crippen molar-refractivity contribution in [2.45, 2.75) is 19.7 Å². The molecule has 0 heterocycles. The van der Waals surface area contributed by atoms with E-state index in [0.29, 0.717) is 45.2 Å². The summed E-state index contributed by atoms with van der Waals surface area (Å²) in [6.45, 7) is 1.38. The van der Waals surface area contributed by atoms with Crippen LogP contribution in [0.15, 0.2) is 54.6 Å². The van der Waals surface area contributed by atoms with Gasteiger partial charge in [-0.1, -0.05) is 70.7 Å². The summed E-state index contributed by atoms with van der Waals surface area (Å²) >= 11 is 25.1. The number of methoxy groups -OCH3 is 1. The lowest BCUT2D eigenvalue weighted by atomic mass is 10.1. The highest BCUT2D eigenvalue weighted by molar-refractivity contribution is 6.36. The van der Waals surface area contributed by atoms with Gasteiger partial charge in [-0.25, -0.2) is 0 Å². The van der Waals surface area contributed by atoms with E-state index in [1.54, 1.807) is 31.4 Å². The van der Waals surface area contributed by atoms with Crippen molar-refractivity contribution < 1.29 is 9.47 Å². The zero-order valence-corrected chi connectivity index (χ0v) is 18.7. The Balaban J connectivity index is 1.69. The van der Waals surface area contributed by atoms with Gasteiger partial charge >= 0.3 is 0 Å². The van der Waals surface area contributed by atoms with Crippen molar-refractivity contribution in [1.29, 1.82) is 0 Å². The molecule has 7 heteroatoms. The fourth-order valence-electron chi connectivity index (χ4n) is 2.78. The van der Waals surface area contributed by atoms with Crippen LogP contribution in [0, 0.1) is 0 Å². The first-order chi connectivity index (χ1) is 14.0. The number of benzene rings is 3. The Morgan fingerprint density at radius 3 is 2.07 bits per heavy atom. The van der Waals surface area contributed by atoms with Crippen LogP contribution in [0.1, 0.15) is 16.7 Å². The summed E-state index contributed by atoms with van der Waals surface area (Å²) in [5, 5.41) is 5.73. The third-order valence-corrected chi connectivity index (χ3v) is 5.78. The summed E-state index contributed by atoms with van der Waals surface area (Å²) in [4.78, 5) is 0. The van der Waals surface area contributed by atoms with Gasteiger partial charge in [-0.2, -0.15) is 0 Å². The maximum Gasteiger partial charge on any atom is 0.163 e. The van der Waals surface area contributed by atoms with Crippen molar-refractivity contribution in [1.82, 2.24) is 5.32 Å². The van der Waals surface area contributed by atoms with Gasteiger partial charge in [0.1, 0.15) is 6.61 Å². The summed E-state index contributed by atoms with van der Waals surface area (Å²) in [5.74, 6) is 1.09. The van der Waals surface area contributed by atoms with Crippen LogP contribution in [0.25, 0.3) is 0 Å². The normalized spacial score (nSPS) is 10.8. The number of hydrogen-bond acceptors (Lipinski definition) is 3. The predicted molar refractivity (Wildman–Crippen MR) is 121 cm³/mol. The van der Waals surface area contributed by atoms with Gasteiger partial charge in [0.05, 0.1) is 7.11 Å². The highest BCUT2D eigenvalue weighted by Crippen LogP contribution is 2.35. The predicted octanol–water partition coefficient (Wildman–Crippen LogP) is 7.18. The Bertz CT molecular complexity index is 974.